The first-order valence-corrected chi connectivity index (χ1v) is 6.98. The maximum absolute atomic E-state index is 5.93. The average molecular weight is 245 g/mol. The molecule has 1 saturated heterocycles. The van der Waals surface area contributed by atoms with Crippen molar-refractivity contribution in [3.8, 4) is 0 Å². The monoisotopic (exact) mass is 245 g/mol. The fourth-order valence-electron chi connectivity index (χ4n) is 2.78. The molecule has 0 unspecified atom stereocenters. The number of benzene rings is 1. The first kappa shape index (κ1) is 12.2. The summed E-state index contributed by atoms with van der Waals surface area (Å²) in [6.07, 6.45) is 1.16. The van der Waals surface area contributed by atoms with Crippen LogP contribution in [-0.2, 0) is 6.54 Å². The van der Waals surface area contributed by atoms with Crippen LogP contribution in [0.15, 0.2) is 24.3 Å². The lowest BCUT2D eigenvalue weighted by Crippen LogP contribution is -2.43. The van der Waals surface area contributed by atoms with Gasteiger partial charge in [0.2, 0.25) is 0 Å². The minimum atomic E-state index is 0.406. The molecule has 3 nitrogen and oxygen atoms in total. The van der Waals surface area contributed by atoms with Crippen LogP contribution in [0, 0.1) is 0 Å². The van der Waals surface area contributed by atoms with E-state index in [4.69, 9.17) is 5.73 Å². The maximum Gasteiger partial charge on any atom is 0.0234 e. The normalized spacial score (nSPS) is 29.4. The fourth-order valence-corrected chi connectivity index (χ4v) is 2.78. The predicted molar refractivity (Wildman–Crippen MR) is 74.5 cm³/mol. The maximum atomic E-state index is 5.93. The van der Waals surface area contributed by atoms with Gasteiger partial charge >= 0.3 is 0 Å². The molecule has 0 aromatic heterocycles. The zero-order valence-electron chi connectivity index (χ0n) is 11.2. The molecule has 0 amide bonds. The van der Waals surface area contributed by atoms with Gasteiger partial charge in [0, 0.05) is 44.7 Å². The summed E-state index contributed by atoms with van der Waals surface area (Å²) < 4.78 is 0. The Morgan fingerprint density at radius 3 is 2.61 bits per heavy atom. The van der Waals surface area contributed by atoms with Crippen LogP contribution in [0.4, 0.5) is 0 Å². The molecule has 2 aliphatic rings. The summed E-state index contributed by atoms with van der Waals surface area (Å²) in [5.74, 6) is 0.623. The lowest BCUT2D eigenvalue weighted by atomic mass is 10.1. The summed E-state index contributed by atoms with van der Waals surface area (Å²) in [4.78, 5) is 4.95. The van der Waals surface area contributed by atoms with Crippen LogP contribution in [-0.4, -0.2) is 49.1 Å². The second-order valence-corrected chi connectivity index (χ2v) is 5.83. The van der Waals surface area contributed by atoms with Gasteiger partial charge in [-0.25, -0.2) is 0 Å². The molecule has 1 heterocycles. The van der Waals surface area contributed by atoms with E-state index in [1.54, 1.807) is 0 Å². The van der Waals surface area contributed by atoms with Crippen molar-refractivity contribution in [2.45, 2.75) is 24.9 Å². The topological polar surface area (TPSA) is 32.5 Å². The summed E-state index contributed by atoms with van der Waals surface area (Å²) >= 11 is 0. The van der Waals surface area contributed by atoms with E-state index in [-0.39, 0.29) is 0 Å². The first-order valence-electron chi connectivity index (χ1n) is 6.98. The van der Waals surface area contributed by atoms with E-state index in [1.807, 2.05) is 0 Å². The number of nitrogens with zero attached hydrogens (tertiary/aromatic N) is 2. The number of nitrogens with two attached hydrogens (primary N) is 1. The summed E-state index contributed by atoms with van der Waals surface area (Å²) in [7, 11) is 2.20. The highest BCUT2D eigenvalue weighted by atomic mass is 15.2. The Balaban J connectivity index is 1.62. The molecule has 1 aromatic rings. The molecular formula is C15H23N3. The van der Waals surface area contributed by atoms with Crippen LogP contribution < -0.4 is 5.73 Å². The number of likely N-dealkylation sites (N-methyl/N-ethyl adjacent to an activating group) is 1. The molecule has 1 aliphatic carbocycles. The lowest BCUT2D eigenvalue weighted by molar-refractivity contribution is 0.148. The molecule has 1 saturated carbocycles. The summed E-state index contributed by atoms with van der Waals surface area (Å²) in [5, 5.41) is 0. The largest absolute Gasteiger partial charge is 0.327 e. The first-order chi connectivity index (χ1) is 8.72. The van der Waals surface area contributed by atoms with Crippen molar-refractivity contribution in [3.63, 3.8) is 0 Å². The van der Waals surface area contributed by atoms with Gasteiger partial charge in [-0.2, -0.15) is 0 Å². The van der Waals surface area contributed by atoms with E-state index in [0.29, 0.717) is 12.0 Å². The molecule has 98 valence electrons. The molecule has 2 N–H and O–H groups in total. The van der Waals surface area contributed by atoms with Gasteiger partial charge in [-0.1, -0.05) is 24.3 Å². The second kappa shape index (κ2) is 5.00. The molecule has 2 atom stereocenters. The highest BCUT2D eigenvalue weighted by Crippen LogP contribution is 2.39. The van der Waals surface area contributed by atoms with Crippen LogP contribution in [0.3, 0.4) is 0 Å². The summed E-state index contributed by atoms with van der Waals surface area (Å²) in [6, 6.07) is 9.42. The van der Waals surface area contributed by atoms with Crippen molar-refractivity contribution in [3.05, 3.63) is 35.4 Å². The van der Waals surface area contributed by atoms with Crippen LogP contribution in [0.5, 0.6) is 0 Å². The Morgan fingerprint density at radius 1 is 1.22 bits per heavy atom. The quantitative estimate of drug-likeness (QED) is 0.870. The van der Waals surface area contributed by atoms with Crippen molar-refractivity contribution in [1.29, 1.82) is 0 Å². The average Bonchev–Trinajstić information content (AvgIpc) is 3.10. The molecule has 0 radical (unpaired) electrons. The van der Waals surface area contributed by atoms with Crippen molar-refractivity contribution < 1.29 is 0 Å². The van der Waals surface area contributed by atoms with E-state index in [2.05, 4.69) is 41.1 Å². The zero-order valence-corrected chi connectivity index (χ0v) is 11.2. The molecule has 18 heavy (non-hydrogen) atoms. The summed E-state index contributed by atoms with van der Waals surface area (Å²) in [6.45, 7) is 5.83. The van der Waals surface area contributed by atoms with Crippen LogP contribution in [0.2, 0.25) is 0 Å². The van der Waals surface area contributed by atoms with Gasteiger partial charge in [-0.05, 0) is 24.6 Å². The minimum Gasteiger partial charge on any atom is -0.327 e. The standard InChI is InChI=1S/C15H23N3/c1-17-5-7-18(8-6-17)11-12-3-2-4-13(9-12)14-10-15(14)16/h2-4,9,14-15H,5-8,10-11,16H2,1H3/t14-,15+/m0/s1. The molecule has 3 rings (SSSR count). The lowest BCUT2D eigenvalue weighted by Gasteiger charge is -2.32. The predicted octanol–water partition coefficient (Wildman–Crippen LogP) is 1.25. The van der Waals surface area contributed by atoms with Crippen molar-refractivity contribution >= 4 is 0 Å². The van der Waals surface area contributed by atoms with Crippen LogP contribution >= 0.6 is 0 Å². The van der Waals surface area contributed by atoms with Gasteiger partial charge < -0.3 is 10.6 Å². The number of rotatable bonds is 3. The Bertz CT molecular complexity index is 410. The third kappa shape index (κ3) is 2.74. The molecule has 1 aliphatic heterocycles. The van der Waals surface area contributed by atoms with Crippen molar-refractivity contribution in [1.82, 2.24) is 9.80 Å². The van der Waals surface area contributed by atoms with Gasteiger partial charge in [-0.15, -0.1) is 0 Å². The van der Waals surface area contributed by atoms with E-state index >= 15 is 0 Å². The van der Waals surface area contributed by atoms with Gasteiger partial charge in [0.25, 0.3) is 0 Å². The SMILES string of the molecule is CN1CCN(Cc2cccc([C@@H]3C[C@H]3N)c2)CC1. The van der Waals surface area contributed by atoms with Crippen molar-refractivity contribution in [2.24, 2.45) is 5.73 Å². The molecule has 0 bridgehead atoms. The zero-order chi connectivity index (χ0) is 12.5. The van der Waals surface area contributed by atoms with Crippen LogP contribution in [0.1, 0.15) is 23.5 Å². The van der Waals surface area contributed by atoms with E-state index in [9.17, 15) is 0 Å². The fraction of sp³-hybridized carbons (Fsp3) is 0.600. The van der Waals surface area contributed by atoms with E-state index < -0.39 is 0 Å². The minimum absolute atomic E-state index is 0.406. The summed E-state index contributed by atoms with van der Waals surface area (Å²) in [5.41, 5.74) is 8.81. The highest BCUT2D eigenvalue weighted by Gasteiger charge is 2.34. The van der Waals surface area contributed by atoms with Gasteiger partial charge in [0.1, 0.15) is 0 Å². The Labute approximate surface area is 110 Å². The van der Waals surface area contributed by atoms with Crippen LogP contribution in [0.25, 0.3) is 0 Å². The highest BCUT2D eigenvalue weighted by molar-refractivity contribution is 5.31. The van der Waals surface area contributed by atoms with Gasteiger partial charge in [-0.3, -0.25) is 4.90 Å². The van der Waals surface area contributed by atoms with Gasteiger partial charge in [0.05, 0.1) is 0 Å². The number of hydrogen-bond acceptors (Lipinski definition) is 3. The molecule has 1 aromatic carbocycles. The third-order valence-electron chi connectivity index (χ3n) is 4.22. The van der Waals surface area contributed by atoms with Crippen molar-refractivity contribution in [2.75, 3.05) is 33.2 Å². The molecule has 3 heteroatoms. The molecular weight excluding hydrogens is 222 g/mol. The second-order valence-electron chi connectivity index (χ2n) is 5.83. The number of piperazine rings is 1. The molecule has 2 fully saturated rings. The molecule has 0 spiro atoms. The third-order valence-corrected chi connectivity index (χ3v) is 4.22. The number of hydrogen-bond donors (Lipinski definition) is 1. The van der Waals surface area contributed by atoms with E-state index in [0.717, 1.165) is 13.0 Å². The smallest absolute Gasteiger partial charge is 0.0234 e. The Kier molecular flexibility index (Phi) is 3.37. The Hall–Kier alpha value is -0.900. The van der Waals surface area contributed by atoms with E-state index in [1.165, 1.54) is 37.3 Å². The Morgan fingerprint density at radius 2 is 1.94 bits per heavy atom. The van der Waals surface area contributed by atoms with Gasteiger partial charge in [0.15, 0.2) is 0 Å².